The van der Waals surface area contributed by atoms with E-state index in [-0.39, 0.29) is 0 Å². The summed E-state index contributed by atoms with van der Waals surface area (Å²) in [5.41, 5.74) is 3.90. The van der Waals surface area contributed by atoms with E-state index in [1.807, 2.05) is 26.0 Å². The van der Waals surface area contributed by atoms with E-state index < -0.39 is 0 Å². The van der Waals surface area contributed by atoms with Crippen molar-refractivity contribution in [2.75, 3.05) is 7.11 Å². The zero-order valence-corrected chi connectivity index (χ0v) is 11.5. The quantitative estimate of drug-likeness (QED) is 0.792. The molecule has 1 heterocycles. The van der Waals surface area contributed by atoms with Crippen LogP contribution in [-0.4, -0.2) is 17.1 Å². The summed E-state index contributed by atoms with van der Waals surface area (Å²) in [6.07, 6.45) is 2.27. The van der Waals surface area contributed by atoms with Crippen LogP contribution in [0, 0.1) is 6.92 Å². The number of methoxy groups -OCH3 is 1. The summed E-state index contributed by atoms with van der Waals surface area (Å²) < 4.78 is 5.39. The van der Waals surface area contributed by atoms with Crippen LogP contribution in [-0.2, 0) is 6.42 Å². The largest absolute Gasteiger partial charge is 0.496 e. The third-order valence-corrected chi connectivity index (χ3v) is 3.18. The summed E-state index contributed by atoms with van der Waals surface area (Å²) in [6.45, 7) is 4.08. The lowest BCUT2D eigenvalue weighted by atomic mass is 10.0. The van der Waals surface area contributed by atoms with Gasteiger partial charge >= 0.3 is 0 Å². The van der Waals surface area contributed by atoms with Crippen molar-refractivity contribution in [3.05, 3.63) is 40.8 Å². The number of hydrogen-bond donors (Lipinski definition) is 0. The molecule has 0 unspecified atom stereocenters. The number of benzene rings is 1. The van der Waals surface area contributed by atoms with E-state index in [2.05, 4.69) is 16.0 Å². The molecule has 18 heavy (non-hydrogen) atoms. The molecule has 0 saturated heterocycles. The van der Waals surface area contributed by atoms with Crippen LogP contribution < -0.4 is 4.74 Å². The summed E-state index contributed by atoms with van der Waals surface area (Å²) in [5.74, 6) is 0.796. The lowest BCUT2D eigenvalue weighted by Gasteiger charge is -2.12. The molecule has 0 N–H and O–H groups in total. The van der Waals surface area contributed by atoms with E-state index in [0.29, 0.717) is 5.15 Å². The number of halogens is 1. The van der Waals surface area contributed by atoms with E-state index in [4.69, 9.17) is 16.3 Å². The monoisotopic (exact) mass is 262 g/mol. The molecular formula is C14H15ClN2O. The third kappa shape index (κ3) is 2.31. The van der Waals surface area contributed by atoms with Crippen LogP contribution in [0.3, 0.4) is 0 Å². The average molecular weight is 263 g/mol. The summed E-state index contributed by atoms with van der Waals surface area (Å²) in [4.78, 5) is 8.38. The first-order valence-electron chi connectivity index (χ1n) is 5.81. The Morgan fingerprint density at radius 3 is 2.72 bits per heavy atom. The van der Waals surface area contributed by atoms with Gasteiger partial charge in [0.25, 0.3) is 0 Å². The Balaban J connectivity index is 2.68. The highest BCUT2D eigenvalue weighted by molar-refractivity contribution is 6.30. The van der Waals surface area contributed by atoms with Crippen LogP contribution in [0.4, 0.5) is 0 Å². The molecule has 1 aromatic carbocycles. The standard InChI is InChI=1S/C14H15ClN2O/c1-4-10-13(16-8-17-14(10)15)11-7-9(2)5-6-12(11)18-3/h5-8H,4H2,1-3H3. The molecule has 0 saturated carbocycles. The molecule has 0 aliphatic carbocycles. The topological polar surface area (TPSA) is 35.0 Å². The number of aromatic nitrogens is 2. The fourth-order valence-electron chi connectivity index (χ4n) is 1.94. The van der Waals surface area contributed by atoms with Gasteiger partial charge in [-0.1, -0.05) is 30.2 Å². The van der Waals surface area contributed by atoms with E-state index in [0.717, 1.165) is 34.6 Å². The van der Waals surface area contributed by atoms with E-state index in [9.17, 15) is 0 Å². The van der Waals surface area contributed by atoms with Gasteiger partial charge in [0.2, 0.25) is 0 Å². The maximum absolute atomic E-state index is 6.12. The molecule has 94 valence electrons. The van der Waals surface area contributed by atoms with Crippen LogP contribution in [0.5, 0.6) is 5.75 Å². The van der Waals surface area contributed by atoms with Gasteiger partial charge in [-0.2, -0.15) is 0 Å². The van der Waals surface area contributed by atoms with E-state index in [1.165, 1.54) is 6.33 Å². The van der Waals surface area contributed by atoms with Gasteiger partial charge in [0.15, 0.2) is 0 Å². The van der Waals surface area contributed by atoms with Gasteiger partial charge in [0, 0.05) is 11.1 Å². The maximum Gasteiger partial charge on any atom is 0.136 e. The predicted molar refractivity (Wildman–Crippen MR) is 73.1 cm³/mol. The van der Waals surface area contributed by atoms with Crippen LogP contribution in [0.25, 0.3) is 11.3 Å². The first kappa shape index (κ1) is 12.8. The normalized spacial score (nSPS) is 10.4. The highest BCUT2D eigenvalue weighted by Crippen LogP contribution is 2.33. The average Bonchev–Trinajstić information content (AvgIpc) is 2.38. The Morgan fingerprint density at radius 1 is 1.28 bits per heavy atom. The minimum absolute atomic E-state index is 0.506. The van der Waals surface area contributed by atoms with Gasteiger partial charge in [0.1, 0.15) is 17.2 Å². The minimum atomic E-state index is 0.506. The van der Waals surface area contributed by atoms with Gasteiger partial charge in [-0.15, -0.1) is 0 Å². The summed E-state index contributed by atoms with van der Waals surface area (Å²) >= 11 is 6.12. The molecule has 0 aliphatic rings. The molecule has 0 radical (unpaired) electrons. The fraction of sp³-hybridized carbons (Fsp3) is 0.286. The smallest absolute Gasteiger partial charge is 0.136 e. The molecule has 1 aromatic heterocycles. The van der Waals surface area contributed by atoms with E-state index >= 15 is 0 Å². The highest BCUT2D eigenvalue weighted by Gasteiger charge is 2.14. The molecule has 3 nitrogen and oxygen atoms in total. The SMILES string of the molecule is CCc1c(Cl)ncnc1-c1cc(C)ccc1OC. The third-order valence-electron chi connectivity index (χ3n) is 2.86. The van der Waals surface area contributed by atoms with Crippen LogP contribution in [0.15, 0.2) is 24.5 Å². The molecular weight excluding hydrogens is 248 g/mol. The van der Waals surface area contributed by atoms with Crippen LogP contribution in [0.2, 0.25) is 5.15 Å². The summed E-state index contributed by atoms with van der Waals surface area (Å²) in [6, 6.07) is 6.01. The molecule has 0 amide bonds. The lowest BCUT2D eigenvalue weighted by Crippen LogP contribution is -1.98. The molecule has 0 aliphatic heterocycles. The Morgan fingerprint density at radius 2 is 2.06 bits per heavy atom. The molecule has 4 heteroatoms. The summed E-state index contributed by atoms with van der Waals surface area (Å²) in [7, 11) is 1.66. The predicted octanol–water partition coefficient (Wildman–Crippen LogP) is 3.68. The van der Waals surface area contributed by atoms with Crippen molar-refractivity contribution in [2.24, 2.45) is 0 Å². The van der Waals surface area contributed by atoms with Crippen LogP contribution in [0.1, 0.15) is 18.1 Å². The number of nitrogens with zero attached hydrogens (tertiary/aromatic N) is 2. The number of rotatable bonds is 3. The second-order valence-electron chi connectivity index (χ2n) is 4.05. The Kier molecular flexibility index (Phi) is 3.82. The van der Waals surface area contributed by atoms with Crippen LogP contribution >= 0.6 is 11.6 Å². The number of hydrogen-bond acceptors (Lipinski definition) is 3. The fourth-order valence-corrected chi connectivity index (χ4v) is 2.21. The van der Waals surface area contributed by atoms with Gasteiger partial charge in [0.05, 0.1) is 12.8 Å². The number of ether oxygens (including phenoxy) is 1. The summed E-state index contributed by atoms with van der Waals surface area (Å²) in [5, 5.41) is 0.506. The Labute approximate surface area is 112 Å². The maximum atomic E-state index is 6.12. The second-order valence-corrected chi connectivity index (χ2v) is 4.41. The van der Waals surface area contributed by atoms with Crippen molar-refractivity contribution in [2.45, 2.75) is 20.3 Å². The van der Waals surface area contributed by atoms with Crippen molar-refractivity contribution in [3.63, 3.8) is 0 Å². The molecule has 0 bridgehead atoms. The number of aryl methyl sites for hydroxylation is 1. The van der Waals surface area contributed by atoms with Crippen molar-refractivity contribution in [3.8, 4) is 17.0 Å². The molecule has 0 atom stereocenters. The molecule has 0 fully saturated rings. The molecule has 2 rings (SSSR count). The van der Waals surface area contributed by atoms with Crippen molar-refractivity contribution >= 4 is 11.6 Å². The first-order chi connectivity index (χ1) is 8.67. The zero-order valence-electron chi connectivity index (χ0n) is 10.7. The van der Waals surface area contributed by atoms with Crippen molar-refractivity contribution in [1.82, 2.24) is 9.97 Å². The second kappa shape index (κ2) is 5.36. The molecule has 2 aromatic rings. The first-order valence-corrected chi connectivity index (χ1v) is 6.19. The Hall–Kier alpha value is -1.61. The zero-order chi connectivity index (χ0) is 13.1. The minimum Gasteiger partial charge on any atom is -0.496 e. The lowest BCUT2D eigenvalue weighted by molar-refractivity contribution is 0.416. The van der Waals surface area contributed by atoms with Gasteiger partial charge < -0.3 is 4.74 Å². The highest BCUT2D eigenvalue weighted by atomic mass is 35.5. The van der Waals surface area contributed by atoms with Gasteiger partial charge in [-0.05, 0) is 25.5 Å². The molecule has 0 spiro atoms. The van der Waals surface area contributed by atoms with Gasteiger partial charge in [-0.25, -0.2) is 9.97 Å². The van der Waals surface area contributed by atoms with E-state index in [1.54, 1.807) is 7.11 Å². The van der Waals surface area contributed by atoms with Gasteiger partial charge in [-0.3, -0.25) is 0 Å². The van der Waals surface area contributed by atoms with Crippen molar-refractivity contribution in [1.29, 1.82) is 0 Å². The van der Waals surface area contributed by atoms with Crippen molar-refractivity contribution < 1.29 is 4.74 Å². The Bertz CT molecular complexity index is 570.